The lowest BCUT2D eigenvalue weighted by molar-refractivity contribution is 0.194. The summed E-state index contributed by atoms with van der Waals surface area (Å²) in [6.45, 7) is 2.37. The first-order valence-electron chi connectivity index (χ1n) is 4.48. The van der Waals surface area contributed by atoms with E-state index in [-0.39, 0.29) is 0 Å². The highest BCUT2D eigenvalue weighted by Gasteiger charge is 2.45. The minimum atomic E-state index is 0.529. The summed E-state index contributed by atoms with van der Waals surface area (Å²) in [5.74, 6) is 0.874. The second-order valence-electron chi connectivity index (χ2n) is 4.37. The molecule has 1 nitrogen and oxygen atoms in total. The van der Waals surface area contributed by atoms with Crippen molar-refractivity contribution in [3.63, 3.8) is 0 Å². The first-order valence-corrected chi connectivity index (χ1v) is 4.48. The molecule has 0 saturated heterocycles. The lowest BCUT2D eigenvalue weighted by atomic mass is 9.74. The van der Waals surface area contributed by atoms with E-state index < -0.39 is 0 Å². The van der Waals surface area contributed by atoms with Crippen LogP contribution >= 0.6 is 0 Å². The van der Waals surface area contributed by atoms with E-state index >= 15 is 0 Å². The maximum Gasteiger partial charge on any atom is 0.0121 e. The van der Waals surface area contributed by atoms with Gasteiger partial charge in [-0.1, -0.05) is 13.3 Å². The third kappa shape index (κ3) is 0.731. The zero-order valence-electron chi connectivity index (χ0n) is 6.77. The summed E-state index contributed by atoms with van der Waals surface area (Å²) in [6, 6.07) is 0.529. The normalized spacial score (nSPS) is 53.4. The van der Waals surface area contributed by atoms with Crippen molar-refractivity contribution in [2.24, 2.45) is 17.1 Å². The number of nitrogens with two attached hydrogens (primary N) is 1. The van der Waals surface area contributed by atoms with Crippen LogP contribution in [-0.4, -0.2) is 6.04 Å². The zero-order valence-corrected chi connectivity index (χ0v) is 6.77. The van der Waals surface area contributed by atoms with Crippen molar-refractivity contribution in [1.29, 1.82) is 0 Å². The van der Waals surface area contributed by atoms with E-state index in [1.165, 1.54) is 32.1 Å². The van der Waals surface area contributed by atoms with E-state index in [2.05, 4.69) is 6.92 Å². The van der Waals surface area contributed by atoms with Crippen LogP contribution in [0.25, 0.3) is 0 Å². The topological polar surface area (TPSA) is 26.0 Å². The summed E-state index contributed by atoms with van der Waals surface area (Å²) >= 11 is 0. The summed E-state index contributed by atoms with van der Waals surface area (Å²) in [5.41, 5.74) is 6.65. The van der Waals surface area contributed by atoms with Crippen LogP contribution < -0.4 is 5.73 Å². The van der Waals surface area contributed by atoms with Gasteiger partial charge in [0.05, 0.1) is 0 Å². The van der Waals surface area contributed by atoms with Gasteiger partial charge in [-0.2, -0.15) is 0 Å². The van der Waals surface area contributed by atoms with Crippen molar-refractivity contribution in [3.05, 3.63) is 0 Å². The molecule has 0 radical (unpaired) electrons. The molecule has 10 heavy (non-hydrogen) atoms. The Bertz CT molecular complexity index is 140. The molecule has 0 unspecified atom stereocenters. The molecule has 2 fully saturated rings. The van der Waals surface area contributed by atoms with Gasteiger partial charge in [0.25, 0.3) is 0 Å². The maximum atomic E-state index is 6.12. The molecule has 2 aliphatic rings. The van der Waals surface area contributed by atoms with Crippen LogP contribution in [0, 0.1) is 11.3 Å². The molecule has 0 amide bonds. The largest absolute Gasteiger partial charge is 0.327 e. The van der Waals surface area contributed by atoms with Gasteiger partial charge in [0.15, 0.2) is 0 Å². The zero-order chi connectivity index (χ0) is 7.19. The van der Waals surface area contributed by atoms with Crippen molar-refractivity contribution >= 4 is 0 Å². The standard InChI is InChI=1S/C9H17N/c1-9-5-2-3-7(4-6-9)8(9)10/h7-8H,2-6,10H2,1H3/t7-,8+,9+/m1/s1. The Morgan fingerprint density at radius 3 is 2.70 bits per heavy atom. The van der Waals surface area contributed by atoms with Gasteiger partial charge < -0.3 is 5.73 Å². The molecule has 2 bridgehead atoms. The molecule has 2 aliphatic carbocycles. The Balaban J connectivity index is 2.21. The van der Waals surface area contributed by atoms with Gasteiger partial charge in [-0.25, -0.2) is 0 Å². The lowest BCUT2D eigenvalue weighted by Gasteiger charge is -2.35. The third-order valence-electron chi connectivity index (χ3n) is 3.72. The summed E-state index contributed by atoms with van der Waals surface area (Å²) in [7, 11) is 0. The molecule has 0 spiro atoms. The third-order valence-corrected chi connectivity index (χ3v) is 3.72. The Hall–Kier alpha value is -0.0400. The molecule has 0 heterocycles. The van der Waals surface area contributed by atoms with E-state index in [0.29, 0.717) is 11.5 Å². The molecule has 1 heteroatoms. The Kier molecular flexibility index (Phi) is 1.31. The summed E-state index contributed by atoms with van der Waals surface area (Å²) in [5, 5.41) is 0. The summed E-state index contributed by atoms with van der Waals surface area (Å²) in [4.78, 5) is 0. The fourth-order valence-corrected chi connectivity index (χ4v) is 2.81. The van der Waals surface area contributed by atoms with Gasteiger partial charge in [0.1, 0.15) is 0 Å². The second-order valence-corrected chi connectivity index (χ2v) is 4.37. The van der Waals surface area contributed by atoms with Crippen molar-refractivity contribution in [1.82, 2.24) is 0 Å². The fourth-order valence-electron chi connectivity index (χ4n) is 2.81. The molecule has 2 saturated carbocycles. The van der Waals surface area contributed by atoms with Crippen molar-refractivity contribution in [3.8, 4) is 0 Å². The van der Waals surface area contributed by atoms with Crippen molar-refractivity contribution in [2.45, 2.75) is 45.1 Å². The first kappa shape index (κ1) is 6.66. The van der Waals surface area contributed by atoms with Gasteiger partial charge in [-0.3, -0.25) is 0 Å². The Labute approximate surface area is 63.0 Å². The van der Waals surface area contributed by atoms with Crippen LogP contribution in [0.4, 0.5) is 0 Å². The highest BCUT2D eigenvalue weighted by Crippen LogP contribution is 2.49. The molecular weight excluding hydrogens is 122 g/mol. The minimum absolute atomic E-state index is 0.529. The fraction of sp³-hybridized carbons (Fsp3) is 1.00. The average Bonchev–Trinajstić information content (AvgIpc) is 2.18. The summed E-state index contributed by atoms with van der Waals surface area (Å²) < 4.78 is 0. The van der Waals surface area contributed by atoms with Crippen LogP contribution in [0.5, 0.6) is 0 Å². The van der Waals surface area contributed by atoms with Crippen LogP contribution in [0.2, 0.25) is 0 Å². The molecule has 0 aromatic rings. The number of hydrogen-bond acceptors (Lipinski definition) is 1. The van der Waals surface area contributed by atoms with Crippen LogP contribution in [0.3, 0.4) is 0 Å². The van der Waals surface area contributed by atoms with Crippen molar-refractivity contribution < 1.29 is 0 Å². The van der Waals surface area contributed by atoms with Gasteiger partial charge >= 0.3 is 0 Å². The van der Waals surface area contributed by atoms with Crippen molar-refractivity contribution in [2.75, 3.05) is 0 Å². The molecule has 0 aliphatic heterocycles. The van der Waals surface area contributed by atoms with E-state index in [1.807, 2.05) is 0 Å². The van der Waals surface area contributed by atoms with Gasteiger partial charge in [-0.15, -0.1) is 0 Å². The van der Waals surface area contributed by atoms with E-state index in [9.17, 15) is 0 Å². The molecule has 58 valence electrons. The second kappa shape index (κ2) is 1.97. The molecule has 0 aromatic carbocycles. The Morgan fingerprint density at radius 2 is 2.10 bits per heavy atom. The van der Waals surface area contributed by atoms with Crippen LogP contribution in [0.15, 0.2) is 0 Å². The predicted octanol–water partition coefficient (Wildman–Crippen LogP) is 1.91. The minimum Gasteiger partial charge on any atom is -0.327 e. The molecular formula is C9H17N. The number of fused-ring (bicyclic) bond motifs is 2. The van der Waals surface area contributed by atoms with Gasteiger partial charge in [0, 0.05) is 6.04 Å². The van der Waals surface area contributed by atoms with E-state index in [0.717, 1.165) is 5.92 Å². The van der Waals surface area contributed by atoms with E-state index in [4.69, 9.17) is 5.73 Å². The summed E-state index contributed by atoms with van der Waals surface area (Å²) in [6.07, 6.45) is 6.99. The molecule has 2 N–H and O–H groups in total. The smallest absolute Gasteiger partial charge is 0.0121 e. The van der Waals surface area contributed by atoms with Crippen LogP contribution in [-0.2, 0) is 0 Å². The van der Waals surface area contributed by atoms with Gasteiger partial charge in [0.2, 0.25) is 0 Å². The molecule has 3 atom stereocenters. The SMILES string of the molecule is C[C@]12CCC[C@H](CC1)[C@@H]2N. The average molecular weight is 139 g/mol. The number of hydrogen-bond donors (Lipinski definition) is 1. The highest BCUT2D eigenvalue weighted by atomic mass is 14.7. The monoisotopic (exact) mass is 139 g/mol. The first-order chi connectivity index (χ1) is 4.72. The maximum absolute atomic E-state index is 6.12. The predicted molar refractivity (Wildman–Crippen MR) is 42.7 cm³/mol. The number of rotatable bonds is 0. The quantitative estimate of drug-likeness (QED) is 0.545. The van der Waals surface area contributed by atoms with Gasteiger partial charge in [-0.05, 0) is 37.0 Å². The Morgan fingerprint density at radius 1 is 1.30 bits per heavy atom. The lowest BCUT2D eigenvalue weighted by Crippen LogP contribution is -2.41. The highest BCUT2D eigenvalue weighted by molar-refractivity contribution is 4.99. The van der Waals surface area contributed by atoms with E-state index in [1.54, 1.807) is 0 Å². The molecule has 2 rings (SSSR count). The molecule has 0 aromatic heterocycles. The van der Waals surface area contributed by atoms with Crippen LogP contribution in [0.1, 0.15) is 39.0 Å².